The van der Waals surface area contributed by atoms with Crippen LogP contribution in [-0.2, 0) is 6.61 Å². The lowest BCUT2D eigenvalue weighted by Gasteiger charge is -2.08. The molecule has 0 amide bonds. The SMILES string of the molecule is COc1ccccc1OCc1ccc(C(=O)O)s1. The van der Waals surface area contributed by atoms with Gasteiger partial charge in [0, 0.05) is 4.88 Å². The zero-order valence-corrected chi connectivity index (χ0v) is 10.6. The summed E-state index contributed by atoms with van der Waals surface area (Å²) in [6.07, 6.45) is 0. The maximum atomic E-state index is 10.7. The van der Waals surface area contributed by atoms with Crippen LogP contribution in [0.4, 0.5) is 0 Å². The average molecular weight is 264 g/mol. The molecule has 1 heterocycles. The van der Waals surface area contributed by atoms with E-state index in [1.165, 1.54) is 11.3 Å². The highest BCUT2D eigenvalue weighted by molar-refractivity contribution is 7.13. The monoisotopic (exact) mass is 264 g/mol. The summed E-state index contributed by atoms with van der Waals surface area (Å²) in [5.41, 5.74) is 0. The van der Waals surface area contributed by atoms with Crippen LogP contribution in [0.25, 0.3) is 0 Å². The largest absolute Gasteiger partial charge is 0.493 e. The summed E-state index contributed by atoms with van der Waals surface area (Å²) in [6, 6.07) is 10.7. The van der Waals surface area contributed by atoms with Crippen LogP contribution < -0.4 is 9.47 Å². The van der Waals surface area contributed by atoms with Gasteiger partial charge in [0.25, 0.3) is 0 Å². The van der Waals surface area contributed by atoms with E-state index in [-0.39, 0.29) is 0 Å². The van der Waals surface area contributed by atoms with E-state index in [1.807, 2.05) is 24.3 Å². The second kappa shape index (κ2) is 5.55. The Morgan fingerprint density at radius 2 is 1.94 bits per heavy atom. The lowest BCUT2D eigenvalue weighted by atomic mass is 10.3. The lowest BCUT2D eigenvalue weighted by molar-refractivity contribution is 0.0702. The van der Waals surface area contributed by atoms with Crippen molar-refractivity contribution in [2.75, 3.05) is 7.11 Å². The number of rotatable bonds is 5. The summed E-state index contributed by atoms with van der Waals surface area (Å²) in [4.78, 5) is 11.9. The van der Waals surface area contributed by atoms with Crippen LogP contribution >= 0.6 is 11.3 Å². The first-order valence-corrected chi connectivity index (χ1v) is 6.10. The smallest absolute Gasteiger partial charge is 0.345 e. The fourth-order valence-corrected chi connectivity index (χ4v) is 2.22. The third-order valence-electron chi connectivity index (χ3n) is 2.31. The first-order chi connectivity index (χ1) is 8.70. The van der Waals surface area contributed by atoms with Crippen LogP contribution in [0.15, 0.2) is 36.4 Å². The van der Waals surface area contributed by atoms with Gasteiger partial charge in [-0.3, -0.25) is 0 Å². The van der Waals surface area contributed by atoms with Gasteiger partial charge in [-0.25, -0.2) is 4.79 Å². The highest BCUT2D eigenvalue weighted by Crippen LogP contribution is 2.27. The molecule has 0 aliphatic carbocycles. The van der Waals surface area contributed by atoms with E-state index in [9.17, 15) is 4.79 Å². The molecule has 2 rings (SSSR count). The number of hydrogen-bond donors (Lipinski definition) is 1. The topological polar surface area (TPSA) is 55.8 Å². The minimum absolute atomic E-state index is 0.314. The molecule has 18 heavy (non-hydrogen) atoms. The average Bonchev–Trinajstić information content (AvgIpc) is 2.85. The van der Waals surface area contributed by atoms with Gasteiger partial charge in [0.05, 0.1) is 7.11 Å². The van der Waals surface area contributed by atoms with Gasteiger partial charge in [-0.1, -0.05) is 12.1 Å². The maximum Gasteiger partial charge on any atom is 0.345 e. The van der Waals surface area contributed by atoms with Gasteiger partial charge in [0.1, 0.15) is 11.5 Å². The Morgan fingerprint density at radius 3 is 2.56 bits per heavy atom. The molecule has 94 valence electrons. The van der Waals surface area contributed by atoms with Crippen molar-refractivity contribution in [3.63, 3.8) is 0 Å². The van der Waals surface area contributed by atoms with Crippen LogP contribution in [-0.4, -0.2) is 18.2 Å². The maximum absolute atomic E-state index is 10.7. The van der Waals surface area contributed by atoms with Crippen molar-refractivity contribution in [1.29, 1.82) is 0 Å². The number of methoxy groups -OCH3 is 1. The van der Waals surface area contributed by atoms with Crippen molar-refractivity contribution in [2.45, 2.75) is 6.61 Å². The summed E-state index contributed by atoms with van der Waals surface area (Å²) in [7, 11) is 1.58. The second-order valence-electron chi connectivity index (χ2n) is 3.51. The lowest BCUT2D eigenvalue weighted by Crippen LogP contribution is -1.95. The minimum Gasteiger partial charge on any atom is -0.493 e. The quantitative estimate of drug-likeness (QED) is 0.901. The molecular weight excluding hydrogens is 252 g/mol. The molecule has 0 radical (unpaired) electrons. The molecule has 1 aromatic carbocycles. The molecule has 0 aliphatic heterocycles. The third kappa shape index (κ3) is 2.81. The Balaban J connectivity index is 2.04. The van der Waals surface area contributed by atoms with Gasteiger partial charge in [-0.05, 0) is 24.3 Å². The van der Waals surface area contributed by atoms with Gasteiger partial charge >= 0.3 is 5.97 Å². The fourth-order valence-electron chi connectivity index (χ4n) is 1.46. The van der Waals surface area contributed by atoms with Gasteiger partial charge in [0.15, 0.2) is 11.5 Å². The number of aromatic carboxylic acids is 1. The van der Waals surface area contributed by atoms with Gasteiger partial charge in [-0.15, -0.1) is 11.3 Å². The van der Waals surface area contributed by atoms with Crippen LogP contribution in [0, 0.1) is 0 Å². The molecule has 0 fully saturated rings. The third-order valence-corrected chi connectivity index (χ3v) is 3.36. The molecule has 5 heteroatoms. The molecule has 0 aliphatic rings. The summed E-state index contributed by atoms with van der Waals surface area (Å²) in [5, 5.41) is 8.82. The molecule has 0 bridgehead atoms. The fraction of sp³-hybridized carbons (Fsp3) is 0.154. The molecule has 4 nitrogen and oxygen atoms in total. The van der Waals surface area contributed by atoms with E-state index in [0.29, 0.717) is 23.0 Å². The van der Waals surface area contributed by atoms with E-state index < -0.39 is 5.97 Å². The zero-order chi connectivity index (χ0) is 13.0. The van der Waals surface area contributed by atoms with Crippen molar-refractivity contribution in [3.05, 3.63) is 46.2 Å². The molecule has 0 saturated heterocycles. The molecule has 2 aromatic rings. The van der Waals surface area contributed by atoms with Gasteiger partial charge in [0.2, 0.25) is 0 Å². The Morgan fingerprint density at radius 1 is 1.22 bits per heavy atom. The summed E-state index contributed by atoms with van der Waals surface area (Å²) in [5.74, 6) is 0.390. The Kier molecular flexibility index (Phi) is 3.84. The highest BCUT2D eigenvalue weighted by atomic mass is 32.1. The first-order valence-electron chi connectivity index (χ1n) is 5.28. The summed E-state index contributed by atoms with van der Waals surface area (Å²) < 4.78 is 10.8. The number of carboxylic acid groups (broad SMARTS) is 1. The van der Waals surface area contributed by atoms with Crippen LogP contribution in [0.2, 0.25) is 0 Å². The number of ether oxygens (including phenoxy) is 2. The predicted octanol–water partition coefficient (Wildman–Crippen LogP) is 3.03. The minimum atomic E-state index is -0.913. The first kappa shape index (κ1) is 12.4. The number of thiophene rings is 1. The van der Waals surface area contributed by atoms with Crippen LogP contribution in [0.1, 0.15) is 14.5 Å². The molecule has 0 atom stereocenters. The number of hydrogen-bond acceptors (Lipinski definition) is 4. The number of carbonyl (C=O) groups is 1. The van der Waals surface area contributed by atoms with Gasteiger partial charge < -0.3 is 14.6 Å². The van der Waals surface area contributed by atoms with E-state index in [0.717, 1.165) is 4.88 Å². The molecule has 0 spiro atoms. The number of para-hydroxylation sites is 2. The van der Waals surface area contributed by atoms with E-state index in [2.05, 4.69) is 0 Å². The zero-order valence-electron chi connectivity index (χ0n) is 9.75. The van der Waals surface area contributed by atoms with Crippen molar-refractivity contribution in [1.82, 2.24) is 0 Å². The summed E-state index contributed by atoms with van der Waals surface area (Å²) in [6.45, 7) is 0.332. The van der Waals surface area contributed by atoms with Crippen LogP contribution in [0.5, 0.6) is 11.5 Å². The van der Waals surface area contributed by atoms with Crippen LogP contribution in [0.3, 0.4) is 0 Å². The van der Waals surface area contributed by atoms with E-state index >= 15 is 0 Å². The van der Waals surface area contributed by atoms with E-state index in [1.54, 1.807) is 19.2 Å². The Labute approximate surface area is 108 Å². The molecule has 1 aromatic heterocycles. The van der Waals surface area contributed by atoms with Gasteiger partial charge in [-0.2, -0.15) is 0 Å². The number of carboxylic acids is 1. The Hall–Kier alpha value is -2.01. The molecule has 0 unspecified atom stereocenters. The van der Waals surface area contributed by atoms with Crippen molar-refractivity contribution in [2.24, 2.45) is 0 Å². The van der Waals surface area contributed by atoms with Crippen molar-refractivity contribution < 1.29 is 19.4 Å². The predicted molar refractivity (Wildman–Crippen MR) is 68.6 cm³/mol. The van der Waals surface area contributed by atoms with Crippen molar-refractivity contribution in [3.8, 4) is 11.5 Å². The standard InChI is InChI=1S/C13H12O4S/c1-16-10-4-2-3-5-11(10)17-8-9-6-7-12(18-9)13(14)15/h2-7H,8H2,1H3,(H,14,15). The van der Waals surface area contributed by atoms with Crippen molar-refractivity contribution >= 4 is 17.3 Å². The highest BCUT2D eigenvalue weighted by Gasteiger charge is 2.08. The van der Waals surface area contributed by atoms with E-state index in [4.69, 9.17) is 14.6 Å². The normalized spacial score (nSPS) is 10.1. The summed E-state index contributed by atoms with van der Waals surface area (Å²) >= 11 is 1.21. The Bertz CT molecular complexity index is 547. The molecular formula is C13H12O4S. The second-order valence-corrected chi connectivity index (χ2v) is 4.68. The number of benzene rings is 1. The molecule has 1 N–H and O–H groups in total. The molecule has 0 saturated carbocycles.